The maximum Gasteiger partial charge on any atom is 0.268 e. The van der Waals surface area contributed by atoms with Gasteiger partial charge in [-0.15, -0.1) is 12.4 Å². The molecule has 7 heteroatoms. The molecule has 0 aliphatic carbocycles. The summed E-state index contributed by atoms with van der Waals surface area (Å²) in [5.74, 6) is 0.345. The number of benzene rings is 2. The number of piperidine rings is 1. The molecule has 1 N–H and O–H groups in total. The van der Waals surface area contributed by atoms with E-state index in [0.717, 1.165) is 24.9 Å². The van der Waals surface area contributed by atoms with E-state index in [-0.39, 0.29) is 23.3 Å². The monoisotopic (exact) mass is 426 g/mol. The second-order valence-corrected chi connectivity index (χ2v) is 7.22. The zero-order chi connectivity index (χ0) is 19.2. The maximum atomic E-state index is 13.3. The van der Waals surface area contributed by atoms with Crippen LogP contribution in [0.5, 0.6) is 5.75 Å². The molecule has 1 atom stereocenters. The predicted molar refractivity (Wildman–Crippen MR) is 112 cm³/mol. The van der Waals surface area contributed by atoms with Crippen molar-refractivity contribution in [2.45, 2.75) is 18.9 Å². The molecule has 1 saturated heterocycles. The summed E-state index contributed by atoms with van der Waals surface area (Å²) >= 11 is 6.11. The van der Waals surface area contributed by atoms with Crippen molar-refractivity contribution >= 4 is 29.9 Å². The first-order chi connectivity index (χ1) is 13.1. The molecule has 1 heterocycles. The van der Waals surface area contributed by atoms with Gasteiger partial charge >= 0.3 is 0 Å². The molecule has 0 bridgehead atoms. The van der Waals surface area contributed by atoms with Crippen molar-refractivity contribution in [1.82, 2.24) is 10.2 Å². The molecule has 0 saturated carbocycles. The van der Waals surface area contributed by atoms with Gasteiger partial charge in [0.2, 0.25) is 6.10 Å². The first kappa shape index (κ1) is 22.5. The fraction of sp³-hybridized carbons (Fsp3) is 0.381. The Balaban J connectivity index is 0.00000280. The van der Waals surface area contributed by atoms with Gasteiger partial charge in [-0.1, -0.05) is 41.9 Å². The Labute approximate surface area is 176 Å². The molecule has 1 aliphatic rings. The Bertz CT molecular complexity index is 768. The molecule has 2 aromatic rings. The molecule has 28 heavy (non-hydrogen) atoms. The molecule has 1 fully saturated rings. The van der Waals surface area contributed by atoms with Crippen LogP contribution in [-0.2, 0) is 4.79 Å². The quantitative estimate of drug-likeness (QED) is 0.739. The largest absolute Gasteiger partial charge is 0.474 e. The van der Waals surface area contributed by atoms with E-state index in [2.05, 4.69) is 5.32 Å². The third-order valence-electron chi connectivity index (χ3n) is 4.88. The van der Waals surface area contributed by atoms with Gasteiger partial charge in [-0.25, -0.2) is 4.39 Å². The fourth-order valence-corrected chi connectivity index (χ4v) is 3.61. The van der Waals surface area contributed by atoms with Gasteiger partial charge in [-0.2, -0.15) is 0 Å². The normalized spacial score (nSPS) is 15.6. The molecular weight excluding hydrogens is 402 g/mol. The van der Waals surface area contributed by atoms with Crippen LogP contribution in [0.1, 0.15) is 24.5 Å². The van der Waals surface area contributed by atoms with Crippen molar-refractivity contribution in [2.24, 2.45) is 5.92 Å². The molecule has 3 rings (SSSR count). The van der Waals surface area contributed by atoms with Crippen LogP contribution in [0, 0.1) is 11.7 Å². The van der Waals surface area contributed by atoms with E-state index in [4.69, 9.17) is 16.3 Å². The minimum atomic E-state index is -0.810. The van der Waals surface area contributed by atoms with Crippen molar-refractivity contribution in [2.75, 3.05) is 26.7 Å². The number of nitrogens with one attached hydrogen (secondary N) is 1. The maximum absolute atomic E-state index is 13.3. The van der Waals surface area contributed by atoms with E-state index in [1.807, 2.05) is 42.3 Å². The zero-order valence-corrected chi connectivity index (χ0v) is 17.3. The topological polar surface area (TPSA) is 41.6 Å². The Morgan fingerprint density at radius 1 is 1.25 bits per heavy atom. The number of carbonyl (C=O) groups excluding carboxylic acids is 1. The summed E-state index contributed by atoms with van der Waals surface area (Å²) in [6, 6.07) is 13.2. The second-order valence-electron chi connectivity index (χ2n) is 6.81. The third kappa shape index (κ3) is 5.60. The van der Waals surface area contributed by atoms with Crippen LogP contribution in [0.2, 0.25) is 5.02 Å². The number of hydrogen-bond acceptors (Lipinski definition) is 3. The predicted octanol–water partition coefficient (Wildman–Crippen LogP) is 4.48. The molecule has 1 unspecified atom stereocenters. The van der Waals surface area contributed by atoms with Crippen molar-refractivity contribution in [3.63, 3.8) is 0 Å². The molecule has 0 radical (unpaired) electrons. The number of ether oxygens (including phenoxy) is 1. The molecular formula is C21H25Cl2FN2O2. The van der Waals surface area contributed by atoms with Gasteiger partial charge in [0.15, 0.2) is 0 Å². The highest BCUT2D eigenvalue weighted by Gasteiger charge is 2.31. The third-order valence-corrected chi connectivity index (χ3v) is 5.18. The Morgan fingerprint density at radius 2 is 1.93 bits per heavy atom. The van der Waals surface area contributed by atoms with Gasteiger partial charge < -0.3 is 15.0 Å². The Morgan fingerprint density at radius 3 is 2.54 bits per heavy atom. The van der Waals surface area contributed by atoms with E-state index in [0.29, 0.717) is 24.8 Å². The number of rotatable bonds is 6. The molecule has 0 spiro atoms. The standard InChI is InChI=1S/C21H24ClFN2O2.ClH/c1-24-14-15-9-11-25(12-10-15)21(26)20(16-5-3-2-4-6-16)27-19-8-7-17(23)13-18(19)22;/h2-8,13,15,20,24H,9-12,14H2,1H3;1H. The van der Waals surface area contributed by atoms with E-state index >= 15 is 0 Å². The average Bonchev–Trinajstić information content (AvgIpc) is 2.68. The summed E-state index contributed by atoms with van der Waals surface area (Å²) in [5.41, 5.74) is 0.750. The van der Waals surface area contributed by atoms with Crippen molar-refractivity contribution in [3.05, 3.63) is 64.9 Å². The van der Waals surface area contributed by atoms with E-state index in [1.165, 1.54) is 18.2 Å². The van der Waals surface area contributed by atoms with Crippen LogP contribution >= 0.6 is 24.0 Å². The minimum absolute atomic E-state index is 0. The SMILES string of the molecule is CNCC1CCN(C(=O)C(Oc2ccc(F)cc2Cl)c2ccccc2)CC1.Cl. The molecule has 2 aromatic carbocycles. The molecule has 0 aromatic heterocycles. The van der Waals surface area contributed by atoms with Gasteiger partial charge in [0.1, 0.15) is 11.6 Å². The highest BCUT2D eigenvalue weighted by atomic mass is 35.5. The van der Waals surface area contributed by atoms with E-state index in [9.17, 15) is 9.18 Å². The number of halogens is 3. The Kier molecular flexibility index (Phi) is 8.55. The summed E-state index contributed by atoms with van der Waals surface area (Å²) < 4.78 is 19.3. The van der Waals surface area contributed by atoms with Crippen LogP contribution in [0.15, 0.2) is 48.5 Å². The lowest BCUT2D eigenvalue weighted by Gasteiger charge is -2.34. The number of hydrogen-bond donors (Lipinski definition) is 1. The summed E-state index contributed by atoms with van der Waals surface area (Å²) in [6.45, 7) is 2.37. The van der Waals surface area contributed by atoms with Crippen LogP contribution in [0.4, 0.5) is 4.39 Å². The smallest absolute Gasteiger partial charge is 0.268 e. The van der Waals surface area contributed by atoms with Crippen LogP contribution in [0.3, 0.4) is 0 Å². The lowest BCUT2D eigenvalue weighted by Crippen LogP contribution is -2.43. The van der Waals surface area contributed by atoms with Crippen LogP contribution < -0.4 is 10.1 Å². The lowest BCUT2D eigenvalue weighted by molar-refractivity contribution is -0.140. The first-order valence-corrected chi connectivity index (χ1v) is 9.56. The zero-order valence-electron chi connectivity index (χ0n) is 15.7. The van der Waals surface area contributed by atoms with Crippen molar-refractivity contribution < 1.29 is 13.9 Å². The number of carbonyl (C=O) groups is 1. The van der Waals surface area contributed by atoms with Gasteiger partial charge in [-0.3, -0.25) is 4.79 Å². The molecule has 1 aliphatic heterocycles. The highest BCUT2D eigenvalue weighted by Crippen LogP contribution is 2.31. The van der Waals surface area contributed by atoms with Gasteiger partial charge in [0.05, 0.1) is 5.02 Å². The van der Waals surface area contributed by atoms with Crippen LogP contribution in [-0.4, -0.2) is 37.5 Å². The molecule has 1 amide bonds. The molecule has 152 valence electrons. The van der Waals surface area contributed by atoms with Crippen molar-refractivity contribution in [1.29, 1.82) is 0 Å². The van der Waals surface area contributed by atoms with E-state index < -0.39 is 11.9 Å². The van der Waals surface area contributed by atoms with Crippen LogP contribution in [0.25, 0.3) is 0 Å². The Hall–Kier alpha value is -1.82. The van der Waals surface area contributed by atoms with Gasteiger partial charge in [0.25, 0.3) is 5.91 Å². The number of nitrogens with zero attached hydrogens (tertiary/aromatic N) is 1. The summed E-state index contributed by atoms with van der Waals surface area (Å²) in [6.07, 6.45) is 1.12. The number of amides is 1. The summed E-state index contributed by atoms with van der Waals surface area (Å²) in [4.78, 5) is 15.1. The lowest BCUT2D eigenvalue weighted by atomic mass is 9.96. The minimum Gasteiger partial charge on any atom is -0.474 e. The summed E-state index contributed by atoms with van der Waals surface area (Å²) in [7, 11) is 1.95. The second kappa shape index (κ2) is 10.6. The fourth-order valence-electron chi connectivity index (χ4n) is 3.40. The van der Waals surface area contributed by atoms with Crippen molar-refractivity contribution in [3.8, 4) is 5.75 Å². The van der Waals surface area contributed by atoms with Gasteiger partial charge in [-0.05, 0) is 50.6 Å². The average molecular weight is 427 g/mol. The molecule has 4 nitrogen and oxygen atoms in total. The number of likely N-dealkylation sites (tertiary alicyclic amines) is 1. The highest BCUT2D eigenvalue weighted by molar-refractivity contribution is 6.32. The first-order valence-electron chi connectivity index (χ1n) is 9.18. The summed E-state index contributed by atoms with van der Waals surface area (Å²) in [5, 5.41) is 3.35. The van der Waals surface area contributed by atoms with E-state index in [1.54, 1.807) is 0 Å². The van der Waals surface area contributed by atoms with Gasteiger partial charge in [0, 0.05) is 18.7 Å².